The highest BCUT2D eigenvalue weighted by molar-refractivity contribution is 5.90. The van der Waals surface area contributed by atoms with Gasteiger partial charge < -0.3 is 10.5 Å². The Hall–Kier alpha value is -1.55. The number of nitrogens with two attached hydrogens (primary N) is 1. The molecule has 2 aromatic rings. The first-order valence-electron chi connectivity index (χ1n) is 4.88. The number of benzene rings is 1. The van der Waals surface area contributed by atoms with Gasteiger partial charge in [-0.2, -0.15) is 5.10 Å². The summed E-state index contributed by atoms with van der Waals surface area (Å²) in [6.45, 7) is 2.49. The maximum absolute atomic E-state index is 5.70. The van der Waals surface area contributed by atoms with E-state index in [0.29, 0.717) is 6.54 Å². The molecular weight excluding hydrogens is 190 g/mol. The zero-order valence-electron chi connectivity index (χ0n) is 9.24. The number of fused-ring (bicyclic) bond motifs is 1. The molecule has 80 valence electrons. The summed E-state index contributed by atoms with van der Waals surface area (Å²) in [6.07, 6.45) is 0. The van der Waals surface area contributed by atoms with Crippen LogP contribution in [-0.4, -0.2) is 16.9 Å². The molecule has 2 N–H and O–H groups in total. The highest BCUT2D eigenvalue weighted by Gasteiger charge is 2.13. The van der Waals surface area contributed by atoms with Crippen LogP contribution in [0.5, 0.6) is 5.75 Å². The summed E-state index contributed by atoms with van der Waals surface area (Å²) in [4.78, 5) is 0. The van der Waals surface area contributed by atoms with Crippen molar-refractivity contribution in [3.8, 4) is 5.75 Å². The lowest BCUT2D eigenvalue weighted by atomic mass is 10.1. The Kier molecular flexibility index (Phi) is 2.36. The van der Waals surface area contributed by atoms with Gasteiger partial charge in [0.1, 0.15) is 5.75 Å². The van der Waals surface area contributed by atoms with Crippen LogP contribution in [-0.2, 0) is 13.6 Å². The van der Waals surface area contributed by atoms with Crippen molar-refractivity contribution in [2.24, 2.45) is 12.8 Å². The fourth-order valence-corrected chi connectivity index (χ4v) is 1.99. The van der Waals surface area contributed by atoms with E-state index in [4.69, 9.17) is 10.5 Å². The Bertz CT molecular complexity index is 458. The van der Waals surface area contributed by atoms with Crippen LogP contribution >= 0.6 is 0 Å². The zero-order valence-corrected chi connectivity index (χ0v) is 9.24. The van der Waals surface area contributed by atoms with Gasteiger partial charge in [0.2, 0.25) is 0 Å². The van der Waals surface area contributed by atoms with E-state index in [-0.39, 0.29) is 0 Å². The van der Waals surface area contributed by atoms with Crippen molar-refractivity contribution < 1.29 is 4.74 Å². The van der Waals surface area contributed by atoms with Crippen LogP contribution in [0.25, 0.3) is 10.9 Å². The SMILES string of the molecule is COc1ccc(CN)c2c1c(C)nn2C. The van der Waals surface area contributed by atoms with Gasteiger partial charge in [-0.15, -0.1) is 0 Å². The number of nitrogens with zero attached hydrogens (tertiary/aromatic N) is 2. The molecule has 1 aromatic heterocycles. The van der Waals surface area contributed by atoms with E-state index in [1.165, 1.54) is 0 Å². The van der Waals surface area contributed by atoms with Crippen molar-refractivity contribution >= 4 is 10.9 Å². The van der Waals surface area contributed by atoms with Gasteiger partial charge in [0.25, 0.3) is 0 Å². The second-order valence-electron chi connectivity index (χ2n) is 3.56. The number of aryl methyl sites for hydroxylation is 2. The van der Waals surface area contributed by atoms with Gasteiger partial charge in [-0.25, -0.2) is 0 Å². The zero-order chi connectivity index (χ0) is 11.0. The molecule has 0 radical (unpaired) electrons. The Morgan fingerprint density at radius 2 is 2.20 bits per heavy atom. The number of hydrogen-bond acceptors (Lipinski definition) is 3. The van der Waals surface area contributed by atoms with Crippen molar-refractivity contribution in [1.29, 1.82) is 0 Å². The Morgan fingerprint density at radius 3 is 2.80 bits per heavy atom. The number of methoxy groups -OCH3 is 1. The summed E-state index contributed by atoms with van der Waals surface area (Å²) >= 11 is 0. The molecule has 0 aliphatic rings. The van der Waals surface area contributed by atoms with E-state index < -0.39 is 0 Å². The summed E-state index contributed by atoms with van der Waals surface area (Å²) in [7, 11) is 3.59. The van der Waals surface area contributed by atoms with Gasteiger partial charge in [-0.1, -0.05) is 6.07 Å². The summed E-state index contributed by atoms with van der Waals surface area (Å²) in [5.74, 6) is 0.854. The molecule has 0 aliphatic heterocycles. The first kappa shape index (κ1) is 9.98. The number of rotatable bonds is 2. The van der Waals surface area contributed by atoms with Gasteiger partial charge in [0.15, 0.2) is 0 Å². The molecule has 4 nitrogen and oxygen atoms in total. The quantitative estimate of drug-likeness (QED) is 0.805. The molecule has 0 saturated heterocycles. The first-order valence-corrected chi connectivity index (χ1v) is 4.88. The van der Waals surface area contributed by atoms with Crippen molar-refractivity contribution in [2.45, 2.75) is 13.5 Å². The van der Waals surface area contributed by atoms with E-state index in [1.807, 2.05) is 30.8 Å². The Labute approximate surface area is 88.6 Å². The van der Waals surface area contributed by atoms with Crippen LogP contribution < -0.4 is 10.5 Å². The smallest absolute Gasteiger partial charge is 0.130 e. The van der Waals surface area contributed by atoms with E-state index in [9.17, 15) is 0 Å². The number of ether oxygens (including phenoxy) is 1. The van der Waals surface area contributed by atoms with Crippen molar-refractivity contribution in [3.63, 3.8) is 0 Å². The summed E-state index contributed by atoms with van der Waals surface area (Å²) < 4.78 is 7.18. The van der Waals surface area contributed by atoms with Gasteiger partial charge in [-0.3, -0.25) is 4.68 Å². The second-order valence-corrected chi connectivity index (χ2v) is 3.56. The van der Waals surface area contributed by atoms with Crippen molar-refractivity contribution in [1.82, 2.24) is 9.78 Å². The van der Waals surface area contributed by atoms with Crippen LogP contribution in [0.2, 0.25) is 0 Å². The molecule has 4 heteroatoms. The van der Waals surface area contributed by atoms with E-state index in [0.717, 1.165) is 27.9 Å². The summed E-state index contributed by atoms with van der Waals surface area (Å²) in [5.41, 5.74) is 8.83. The van der Waals surface area contributed by atoms with Crippen LogP contribution in [0.15, 0.2) is 12.1 Å². The molecule has 15 heavy (non-hydrogen) atoms. The van der Waals surface area contributed by atoms with Crippen LogP contribution in [0.3, 0.4) is 0 Å². The number of hydrogen-bond donors (Lipinski definition) is 1. The average Bonchev–Trinajstić information content (AvgIpc) is 2.54. The molecule has 0 atom stereocenters. The van der Waals surface area contributed by atoms with Crippen LogP contribution in [0, 0.1) is 6.92 Å². The lowest BCUT2D eigenvalue weighted by molar-refractivity contribution is 0.419. The number of aromatic nitrogens is 2. The van der Waals surface area contributed by atoms with Gasteiger partial charge in [-0.05, 0) is 18.6 Å². The molecular formula is C11H15N3O. The Balaban J connectivity index is 2.89. The average molecular weight is 205 g/mol. The highest BCUT2D eigenvalue weighted by Crippen LogP contribution is 2.30. The normalized spacial score (nSPS) is 10.9. The van der Waals surface area contributed by atoms with E-state index in [1.54, 1.807) is 7.11 Å². The minimum Gasteiger partial charge on any atom is -0.496 e. The minimum atomic E-state index is 0.513. The molecule has 0 amide bonds. The monoisotopic (exact) mass is 205 g/mol. The van der Waals surface area contributed by atoms with Gasteiger partial charge in [0, 0.05) is 13.6 Å². The van der Waals surface area contributed by atoms with Crippen LogP contribution in [0.1, 0.15) is 11.3 Å². The molecule has 2 rings (SSSR count). The summed E-state index contributed by atoms with van der Waals surface area (Å²) in [5, 5.41) is 5.45. The van der Waals surface area contributed by atoms with Gasteiger partial charge in [0.05, 0.1) is 23.7 Å². The Morgan fingerprint density at radius 1 is 1.47 bits per heavy atom. The third-order valence-corrected chi connectivity index (χ3v) is 2.65. The minimum absolute atomic E-state index is 0.513. The first-order chi connectivity index (χ1) is 7.19. The molecule has 0 spiro atoms. The fraction of sp³-hybridized carbons (Fsp3) is 0.364. The summed E-state index contributed by atoms with van der Waals surface area (Å²) in [6, 6.07) is 3.93. The van der Waals surface area contributed by atoms with Crippen molar-refractivity contribution in [3.05, 3.63) is 23.4 Å². The third-order valence-electron chi connectivity index (χ3n) is 2.65. The highest BCUT2D eigenvalue weighted by atomic mass is 16.5. The second kappa shape index (κ2) is 3.55. The largest absolute Gasteiger partial charge is 0.496 e. The molecule has 1 aromatic carbocycles. The maximum atomic E-state index is 5.70. The van der Waals surface area contributed by atoms with Crippen molar-refractivity contribution in [2.75, 3.05) is 7.11 Å². The molecule has 0 unspecified atom stereocenters. The molecule has 0 aliphatic carbocycles. The molecule has 0 bridgehead atoms. The van der Waals surface area contributed by atoms with E-state index >= 15 is 0 Å². The molecule has 0 fully saturated rings. The third kappa shape index (κ3) is 1.37. The van der Waals surface area contributed by atoms with E-state index in [2.05, 4.69) is 5.10 Å². The predicted molar refractivity (Wildman–Crippen MR) is 59.9 cm³/mol. The topological polar surface area (TPSA) is 53.1 Å². The van der Waals surface area contributed by atoms with Gasteiger partial charge >= 0.3 is 0 Å². The standard InChI is InChI=1S/C11H15N3O/c1-7-10-9(15-3)5-4-8(6-12)11(10)14(2)13-7/h4-5H,6,12H2,1-3H3. The lowest BCUT2D eigenvalue weighted by Crippen LogP contribution is -2.01. The van der Waals surface area contributed by atoms with Crippen LogP contribution in [0.4, 0.5) is 0 Å². The molecule has 1 heterocycles. The lowest BCUT2D eigenvalue weighted by Gasteiger charge is -2.06. The maximum Gasteiger partial charge on any atom is 0.130 e. The fourth-order valence-electron chi connectivity index (χ4n) is 1.99. The predicted octanol–water partition coefficient (Wildman–Crippen LogP) is 1.35. The molecule has 0 saturated carbocycles.